The summed E-state index contributed by atoms with van der Waals surface area (Å²) in [7, 11) is 1.56. The number of rotatable bonds is 6. The highest BCUT2D eigenvalue weighted by Crippen LogP contribution is 2.29. The number of ether oxygens (including phenoxy) is 2. The van der Waals surface area contributed by atoms with E-state index in [1.807, 2.05) is 19.1 Å². The molecule has 0 fully saturated rings. The topological polar surface area (TPSA) is 72.0 Å². The van der Waals surface area contributed by atoms with Crippen molar-refractivity contribution >= 4 is 29.5 Å². The van der Waals surface area contributed by atoms with E-state index in [2.05, 4.69) is 15.8 Å². The van der Waals surface area contributed by atoms with Crippen LogP contribution in [-0.4, -0.2) is 26.0 Å². The van der Waals surface area contributed by atoms with Gasteiger partial charge >= 0.3 is 6.03 Å². The van der Waals surface area contributed by atoms with E-state index in [0.29, 0.717) is 34.4 Å². The van der Waals surface area contributed by atoms with Crippen LogP contribution in [0.25, 0.3) is 0 Å². The fraction of sp³-hybridized carbons (Fsp3) is 0.176. The molecule has 0 radical (unpaired) electrons. The van der Waals surface area contributed by atoms with Gasteiger partial charge in [0, 0.05) is 16.3 Å². The first-order valence-corrected chi connectivity index (χ1v) is 7.67. The van der Waals surface area contributed by atoms with Gasteiger partial charge in [-0.2, -0.15) is 5.10 Å². The van der Waals surface area contributed by atoms with Gasteiger partial charge in [0.1, 0.15) is 0 Å². The predicted octanol–water partition coefficient (Wildman–Crippen LogP) is 3.90. The summed E-state index contributed by atoms with van der Waals surface area (Å²) in [5, 5.41) is 7.09. The van der Waals surface area contributed by atoms with Crippen molar-refractivity contribution in [3.63, 3.8) is 0 Å². The second kappa shape index (κ2) is 8.79. The summed E-state index contributed by atoms with van der Waals surface area (Å²) in [5.74, 6) is 1.17. The molecule has 0 saturated carbocycles. The van der Waals surface area contributed by atoms with E-state index in [4.69, 9.17) is 21.1 Å². The van der Waals surface area contributed by atoms with Gasteiger partial charge in [-0.25, -0.2) is 10.2 Å². The molecule has 0 heterocycles. The van der Waals surface area contributed by atoms with Crippen LogP contribution < -0.4 is 20.2 Å². The Morgan fingerprint density at radius 1 is 1.29 bits per heavy atom. The van der Waals surface area contributed by atoms with Crippen molar-refractivity contribution in [2.45, 2.75) is 6.92 Å². The Hall–Kier alpha value is -2.73. The summed E-state index contributed by atoms with van der Waals surface area (Å²) in [6.45, 7) is 2.37. The molecule has 0 unspecified atom stereocenters. The zero-order valence-electron chi connectivity index (χ0n) is 13.4. The second-order valence-corrected chi connectivity index (χ2v) is 5.08. The summed E-state index contributed by atoms with van der Waals surface area (Å²) < 4.78 is 10.8. The van der Waals surface area contributed by atoms with E-state index in [-0.39, 0.29) is 0 Å². The molecule has 7 heteroatoms. The van der Waals surface area contributed by atoms with E-state index < -0.39 is 6.03 Å². The third kappa shape index (κ3) is 4.89. The Kier molecular flexibility index (Phi) is 6.45. The molecule has 2 amide bonds. The largest absolute Gasteiger partial charge is 0.493 e. The SMILES string of the molecule is CCOc1c(/C=N\NC(=O)Nc2cccc(Cl)c2)cccc1OC. The average Bonchev–Trinajstić information content (AvgIpc) is 2.56. The van der Waals surface area contributed by atoms with Gasteiger partial charge in [0.05, 0.1) is 19.9 Å². The molecule has 0 aliphatic carbocycles. The number of anilines is 1. The number of nitrogens with zero attached hydrogens (tertiary/aromatic N) is 1. The van der Waals surface area contributed by atoms with Gasteiger partial charge in [-0.1, -0.05) is 23.7 Å². The minimum Gasteiger partial charge on any atom is -0.493 e. The fourth-order valence-corrected chi connectivity index (χ4v) is 2.17. The van der Waals surface area contributed by atoms with Gasteiger partial charge in [-0.3, -0.25) is 0 Å². The van der Waals surface area contributed by atoms with Crippen LogP contribution in [0.3, 0.4) is 0 Å². The van der Waals surface area contributed by atoms with Crippen molar-refractivity contribution < 1.29 is 14.3 Å². The second-order valence-electron chi connectivity index (χ2n) is 4.65. The number of hydrogen-bond acceptors (Lipinski definition) is 4. The molecule has 126 valence electrons. The van der Waals surface area contributed by atoms with E-state index in [9.17, 15) is 4.79 Å². The van der Waals surface area contributed by atoms with Crippen LogP contribution in [0.15, 0.2) is 47.6 Å². The molecule has 0 aliphatic rings. The normalized spacial score (nSPS) is 10.5. The van der Waals surface area contributed by atoms with Gasteiger partial charge in [0.2, 0.25) is 0 Å². The number of carbonyl (C=O) groups excluding carboxylic acids is 1. The zero-order valence-corrected chi connectivity index (χ0v) is 14.1. The number of amides is 2. The van der Waals surface area contributed by atoms with Crippen molar-refractivity contribution in [3.8, 4) is 11.5 Å². The van der Waals surface area contributed by atoms with Gasteiger partial charge < -0.3 is 14.8 Å². The lowest BCUT2D eigenvalue weighted by Gasteiger charge is -2.11. The quantitative estimate of drug-likeness (QED) is 0.615. The van der Waals surface area contributed by atoms with Crippen LogP contribution in [0.2, 0.25) is 5.02 Å². The lowest BCUT2D eigenvalue weighted by Crippen LogP contribution is -2.24. The number of nitrogens with one attached hydrogen (secondary N) is 2. The van der Waals surface area contributed by atoms with Crippen LogP contribution >= 0.6 is 11.6 Å². The molecule has 0 bridgehead atoms. The van der Waals surface area contributed by atoms with Crippen LogP contribution in [0.4, 0.5) is 10.5 Å². The number of urea groups is 1. The van der Waals surface area contributed by atoms with Crippen LogP contribution in [0, 0.1) is 0 Å². The standard InChI is InChI=1S/C17H18ClN3O3/c1-3-24-16-12(6-4-9-15(16)23-2)11-19-21-17(22)20-14-8-5-7-13(18)10-14/h4-11H,3H2,1-2H3,(H2,20,21,22)/b19-11-. The number of benzene rings is 2. The minimum atomic E-state index is -0.477. The summed E-state index contributed by atoms with van der Waals surface area (Å²) in [4.78, 5) is 11.8. The molecular weight excluding hydrogens is 330 g/mol. The van der Waals surface area contributed by atoms with Crippen molar-refractivity contribution in [3.05, 3.63) is 53.1 Å². The molecule has 2 N–H and O–H groups in total. The zero-order chi connectivity index (χ0) is 17.4. The lowest BCUT2D eigenvalue weighted by atomic mass is 10.2. The number of hydrazone groups is 1. The van der Waals surface area contributed by atoms with Gasteiger partial charge in [0.25, 0.3) is 0 Å². The summed E-state index contributed by atoms with van der Waals surface area (Å²) in [6, 6.07) is 11.8. The maximum atomic E-state index is 11.8. The Morgan fingerprint density at radius 2 is 2.08 bits per heavy atom. The molecule has 0 aromatic heterocycles. The Morgan fingerprint density at radius 3 is 2.79 bits per heavy atom. The molecule has 2 rings (SSSR count). The highest BCUT2D eigenvalue weighted by molar-refractivity contribution is 6.30. The maximum absolute atomic E-state index is 11.8. The van der Waals surface area contributed by atoms with Crippen molar-refractivity contribution in [1.29, 1.82) is 0 Å². The Labute approximate surface area is 145 Å². The first-order chi connectivity index (χ1) is 11.6. The first kappa shape index (κ1) is 17.6. The number of carbonyl (C=O) groups is 1. The third-order valence-corrected chi connectivity index (χ3v) is 3.21. The van der Waals surface area contributed by atoms with E-state index in [1.165, 1.54) is 6.21 Å². The van der Waals surface area contributed by atoms with E-state index >= 15 is 0 Å². The van der Waals surface area contributed by atoms with Crippen molar-refractivity contribution in [2.24, 2.45) is 5.10 Å². The molecule has 6 nitrogen and oxygen atoms in total. The van der Waals surface area contributed by atoms with Gasteiger partial charge in [-0.05, 0) is 37.3 Å². The van der Waals surface area contributed by atoms with Gasteiger partial charge in [0.15, 0.2) is 11.5 Å². The molecule has 0 aliphatic heterocycles. The van der Waals surface area contributed by atoms with E-state index in [0.717, 1.165) is 0 Å². The number of methoxy groups -OCH3 is 1. The highest BCUT2D eigenvalue weighted by Gasteiger charge is 2.08. The lowest BCUT2D eigenvalue weighted by molar-refractivity contribution is 0.252. The fourth-order valence-electron chi connectivity index (χ4n) is 1.98. The molecule has 2 aromatic carbocycles. The van der Waals surface area contributed by atoms with Crippen molar-refractivity contribution in [1.82, 2.24) is 5.43 Å². The number of hydrogen-bond donors (Lipinski definition) is 2. The number of halogens is 1. The van der Waals surface area contributed by atoms with Crippen LogP contribution in [0.1, 0.15) is 12.5 Å². The third-order valence-electron chi connectivity index (χ3n) is 2.97. The van der Waals surface area contributed by atoms with E-state index in [1.54, 1.807) is 37.4 Å². The Bertz CT molecular complexity index is 735. The van der Waals surface area contributed by atoms with Crippen LogP contribution in [-0.2, 0) is 0 Å². The molecule has 2 aromatic rings. The summed E-state index contributed by atoms with van der Waals surface area (Å²) in [6.07, 6.45) is 1.49. The molecule has 24 heavy (non-hydrogen) atoms. The minimum absolute atomic E-state index is 0.477. The summed E-state index contributed by atoms with van der Waals surface area (Å²) >= 11 is 5.86. The van der Waals surface area contributed by atoms with Crippen molar-refractivity contribution in [2.75, 3.05) is 19.0 Å². The molecule has 0 spiro atoms. The average molecular weight is 348 g/mol. The highest BCUT2D eigenvalue weighted by atomic mass is 35.5. The monoisotopic (exact) mass is 347 g/mol. The first-order valence-electron chi connectivity index (χ1n) is 7.29. The molecule has 0 atom stereocenters. The molecular formula is C17H18ClN3O3. The smallest absolute Gasteiger partial charge is 0.339 e. The van der Waals surface area contributed by atoms with Gasteiger partial charge in [-0.15, -0.1) is 0 Å². The molecule has 0 saturated heterocycles. The number of para-hydroxylation sites is 1. The van der Waals surface area contributed by atoms with Crippen LogP contribution in [0.5, 0.6) is 11.5 Å². The summed E-state index contributed by atoms with van der Waals surface area (Å²) in [5.41, 5.74) is 3.66. The maximum Gasteiger partial charge on any atom is 0.339 e. The predicted molar refractivity (Wildman–Crippen MR) is 95.4 cm³/mol. The Balaban J connectivity index is 2.02.